The van der Waals surface area contributed by atoms with Gasteiger partial charge in [0.2, 0.25) is 0 Å². The van der Waals surface area contributed by atoms with Gasteiger partial charge in [0.15, 0.2) is 0 Å². The van der Waals surface area contributed by atoms with Crippen molar-refractivity contribution in [3.8, 4) is 17.1 Å². The van der Waals surface area contributed by atoms with E-state index in [4.69, 9.17) is 4.74 Å². The van der Waals surface area contributed by atoms with Crippen LogP contribution in [0.2, 0.25) is 0 Å². The van der Waals surface area contributed by atoms with Crippen LogP contribution in [0.15, 0.2) is 36.7 Å². The maximum absolute atomic E-state index is 5.33. The van der Waals surface area contributed by atoms with Gasteiger partial charge in [-0.2, -0.15) is 0 Å². The maximum atomic E-state index is 5.33. The smallest absolute Gasteiger partial charge is 0.138 e. The van der Waals surface area contributed by atoms with Crippen LogP contribution in [0.1, 0.15) is 5.56 Å². The molecule has 4 heteroatoms. The highest BCUT2D eigenvalue weighted by molar-refractivity contribution is 5.78. The lowest BCUT2D eigenvalue weighted by Crippen LogP contribution is -1.88. The van der Waals surface area contributed by atoms with Crippen molar-refractivity contribution in [2.24, 2.45) is 0 Å². The first kappa shape index (κ1) is 10.8. The Morgan fingerprint density at radius 3 is 2.89 bits per heavy atom. The van der Waals surface area contributed by atoms with E-state index in [-0.39, 0.29) is 0 Å². The number of nitrogens with zero attached hydrogens (tertiary/aromatic N) is 2. The molecule has 0 saturated carbocycles. The molecule has 2 aromatic heterocycles. The Morgan fingerprint density at radius 1 is 1.22 bits per heavy atom. The van der Waals surface area contributed by atoms with Crippen LogP contribution in [-0.4, -0.2) is 22.1 Å². The third-order valence-corrected chi connectivity index (χ3v) is 2.96. The fourth-order valence-electron chi connectivity index (χ4n) is 1.96. The molecule has 0 radical (unpaired) electrons. The van der Waals surface area contributed by atoms with Gasteiger partial charge in [0.1, 0.15) is 11.6 Å². The normalized spacial score (nSPS) is 10.8. The number of hydrogen-bond donors (Lipinski definition) is 1. The number of H-pyrrole nitrogens is 1. The first-order valence-electron chi connectivity index (χ1n) is 5.72. The molecule has 2 heterocycles. The van der Waals surface area contributed by atoms with Crippen LogP contribution >= 0.6 is 0 Å². The number of nitrogens with one attached hydrogen (secondary N) is 1. The predicted octanol–water partition coefficient (Wildman–Crippen LogP) is 2.94. The third-order valence-electron chi connectivity index (χ3n) is 2.96. The number of hydrogen-bond acceptors (Lipinski definition) is 3. The summed E-state index contributed by atoms with van der Waals surface area (Å²) < 4.78 is 5.33. The molecule has 0 bridgehead atoms. The molecule has 0 aliphatic heterocycles. The minimum Gasteiger partial charge on any atom is -0.496 e. The second-order valence-corrected chi connectivity index (χ2v) is 4.16. The number of benzene rings is 1. The third kappa shape index (κ3) is 1.72. The summed E-state index contributed by atoms with van der Waals surface area (Å²) in [4.78, 5) is 11.9. The number of methoxy groups -OCH3 is 1. The number of aromatic amines is 1. The van der Waals surface area contributed by atoms with Gasteiger partial charge in [-0.1, -0.05) is 12.1 Å². The minimum absolute atomic E-state index is 0.830. The summed E-state index contributed by atoms with van der Waals surface area (Å²) in [7, 11) is 1.68. The van der Waals surface area contributed by atoms with Gasteiger partial charge >= 0.3 is 0 Å². The predicted molar refractivity (Wildman–Crippen MR) is 70.6 cm³/mol. The topological polar surface area (TPSA) is 50.8 Å². The van der Waals surface area contributed by atoms with Crippen LogP contribution < -0.4 is 4.74 Å². The van der Waals surface area contributed by atoms with Gasteiger partial charge in [-0.3, -0.25) is 4.98 Å². The summed E-state index contributed by atoms with van der Waals surface area (Å²) in [5.41, 5.74) is 3.97. The number of fused-ring (bicyclic) bond motifs is 1. The molecule has 0 aliphatic rings. The average molecular weight is 239 g/mol. The molecule has 0 amide bonds. The summed E-state index contributed by atoms with van der Waals surface area (Å²) in [6.07, 6.45) is 3.51. The van der Waals surface area contributed by atoms with Crippen LogP contribution in [0.5, 0.6) is 5.75 Å². The first-order valence-corrected chi connectivity index (χ1v) is 5.72. The average Bonchev–Trinajstić information content (AvgIpc) is 2.83. The number of rotatable bonds is 2. The van der Waals surface area contributed by atoms with Crippen molar-refractivity contribution in [3.63, 3.8) is 0 Å². The van der Waals surface area contributed by atoms with E-state index in [9.17, 15) is 0 Å². The molecule has 3 rings (SSSR count). The zero-order chi connectivity index (χ0) is 12.5. The number of ether oxygens (including phenoxy) is 1. The van der Waals surface area contributed by atoms with E-state index in [1.807, 2.05) is 31.2 Å². The largest absolute Gasteiger partial charge is 0.496 e. The molecular formula is C14H13N3O. The fraction of sp³-hybridized carbons (Fsp3) is 0.143. The summed E-state index contributed by atoms with van der Waals surface area (Å²) in [5.74, 6) is 1.70. The molecule has 0 saturated heterocycles. The quantitative estimate of drug-likeness (QED) is 0.748. The van der Waals surface area contributed by atoms with Crippen molar-refractivity contribution in [1.29, 1.82) is 0 Å². The van der Waals surface area contributed by atoms with Crippen molar-refractivity contribution < 1.29 is 4.74 Å². The highest BCUT2D eigenvalue weighted by Gasteiger charge is 2.07. The number of aryl methyl sites for hydroxylation is 1. The molecule has 1 N–H and O–H groups in total. The van der Waals surface area contributed by atoms with Gasteiger partial charge in [-0.05, 0) is 24.6 Å². The molecule has 3 aromatic rings. The minimum atomic E-state index is 0.830. The van der Waals surface area contributed by atoms with Gasteiger partial charge in [0.05, 0.1) is 24.3 Å². The van der Waals surface area contributed by atoms with E-state index in [1.54, 1.807) is 19.5 Å². The van der Waals surface area contributed by atoms with E-state index < -0.39 is 0 Å². The summed E-state index contributed by atoms with van der Waals surface area (Å²) in [6, 6.07) is 7.93. The molecule has 0 atom stereocenters. The standard InChI is InChI=1S/C14H13N3O/c1-9-3-4-10(7-13(9)18-2)14-16-11-5-6-15-8-12(11)17-14/h3-8H,1-2H3,(H,16,17). The molecular weight excluding hydrogens is 226 g/mol. The number of aromatic nitrogens is 3. The molecule has 90 valence electrons. The van der Waals surface area contributed by atoms with E-state index in [0.29, 0.717) is 0 Å². The second kappa shape index (κ2) is 4.14. The maximum Gasteiger partial charge on any atom is 0.138 e. The molecule has 0 spiro atoms. The SMILES string of the molecule is COc1cc(-c2nc3ccncc3[nH]2)ccc1C. The highest BCUT2D eigenvalue weighted by atomic mass is 16.5. The zero-order valence-corrected chi connectivity index (χ0v) is 10.3. The Balaban J connectivity index is 2.13. The number of pyridine rings is 1. The zero-order valence-electron chi connectivity index (χ0n) is 10.3. The molecule has 4 nitrogen and oxygen atoms in total. The molecule has 0 aliphatic carbocycles. The van der Waals surface area contributed by atoms with E-state index in [1.165, 1.54) is 0 Å². The van der Waals surface area contributed by atoms with E-state index in [0.717, 1.165) is 33.7 Å². The van der Waals surface area contributed by atoms with Gasteiger partial charge in [-0.15, -0.1) is 0 Å². The Labute approximate surface area is 105 Å². The van der Waals surface area contributed by atoms with Gasteiger partial charge in [-0.25, -0.2) is 4.98 Å². The van der Waals surface area contributed by atoms with Crippen LogP contribution in [0.25, 0.3) is 22.4 Å². The molecule has 0 fully saturated rings. The lowest BCUT2D eigenvalue weighted by atomic mass is 10.1. The summed E-state index contributed by atoms with van der Waals surface area (Å²) >= 11 is 0. The van der Waals surface area contributed by atoms with Crippen molar-refractivity contribution in [1.82, 2.24) is 15.0 Å². The van der Waals surface area contributed by atoms with Gasteiger partial charge in [0, 0.05) is 11.8 Å². The lowest BCUT2D eigenvalue weighted by Gasteiger charge is -2.05. The van der Waals surface area contributed by atoms with Crippen molar-refractivity contribution >= 4 is 11.0 Å². The van der Waals surface area contributed by atoms with Crippen LogP contribution in [0.3, 0.4) is 0 Å². The summed E-state index contributed by atoms with van der Waals surface area (Å²) in [6.45, 7) is 2.02. The first-order chi connectivity index (χ1) is 8.78. The second-order valence-electron chi connectivity index (χ2n) is 4.16. The van der Waals surface area contributed by atoms with E-state index in [2.05, 4.69) is 15.0 Å². The van der Waals surface area contributed by atoms with Crippen molar-refractivity contribution in [3.05, 3.63) is 42.2 Å². The highest BCUT2D eigenvalue weighted by Crippen LogP contribution is 2.26. The van der Waals surface area contributed by atoms with Gasteiger partial charge in [0.25, 0.3) is 0 Å². The van der Waals surface area contributed by atoms with Crippen LogP contribution in [0.4, 0.5) is 0 Å². The summed E-state index contributed by atoms with van der Waals surface area (Å²) in [5, 5.41) is 0. The Morgan fingerprint density at radius 2 is 2.11 bits per heavy atom. The van der Waals surface area contributed by atoms with Crippen molar-refractivity contribution in [2.75, 3.05) is 7.11 Å². The lowest BCUT2D eigenvalue weighted by molar-refractivity contribution is 0.412. The van der Waals surface area contributed by atoms with Crippen LogP contribution in [0, 0.1) is 6.92 Å². The van der Waals surface area contributed by atoms with Gasteiger partial charge < -0.3 is 9.72 Å². The van der Waals surface area contributed by atoms with Crippen LogP contribution in [-0.2, 0) is 0 Å². The molecule has 1 aromatic carbocycles. The number of imidazole rings is 1. The Kier molecular flexibility index (Phi) is 2.48. The fourth-order valence-corrected chi connectivity index (χ4v) is 1.96. The monoisotopic (exact) mass is 239 g/mol. The van der Waals surface area contributed by atoms with E-state index >= 15 is 0 Å². The Bertz CT molecular complexity index is 670. The van der Waals surface area contributed by atoms with Crippen molar-refractivity contribution in [2.45, 2.75) is 6.92 Å². The Hall–Kier alpha value is -2.36. The molecule has 0 unspecified atom stereocenters. The molecule has 18 heavy (non-hydrogen) atoms.